The average Bonchev–Trinajstić information content (AvgIpc) is 3.52. The Kier molecular flexibility index (Phi) is 8.98. The summed E-state index contributed by atoms with van der Waals surface area (Å²) in [4.78, 5) is 19.3. The molecule has 6 rings (SSSR count). The third kappa shape index (κ3) is 6.79. The van der Waals surface area contributed by atoms with Gasteiger partial charge in [0, 0.05) is 39.7 Å². The normalized spacial score (nSPS) is 10.8. The fourth-order valence-electron chi connectivity index (χ4n) is 4.52. The number of para-hydroxylation sites is 2. The van der Waals surface area contributed by atoms with Gasteiger partial charge in [-0.15, -0.1) is 12.4 Å². The molecule has 2 aromatic heterocycles. The van der Waals surface area contributed by atoms with Crippen LogP contribution in [-0.4, -0.2) is 26.7 Å². The highest BCUT2D eigenvalue weighted by molar-refractivity contribution is 6.01. The molecule has 0 aliphatic carbocycles. The Hall–Kier alpha value is -5.08. The molecule has 0 fully saturated rings. The van der Waals surface area contributed by atoms with Crippen LogP contribution in [0, 0.1) is 0 Å². The van der Waals surface area contributed by atoms with Gasteiger partial charge in [-0.3, -0.25) is 4.90 Å². The number of ether oxygens (including phenoxy) is 2. The first-order chi connectivity index (χ1) is 19.7. The first kappa shape index (κ1) is 29.9. The lowest BCUT2D eigenvalue weighted by molar-refractivity contribution is 0.195. The van der Waals surface area contributed by atoms with Crippen molar-refractivity contribution >= 4 is 51.7 Å². The van der Waals surface area contributed by atoms with E-state index in [2.05, 4.69) is 9.97 Å². The summed E-state index contributed by atoms with van der Waals surface area (Å²) in [6.45, 7) is 5.60. The van der Waals surface area contributed by atoms with E-state index < -0.39 is 11.6 Å². The molecule has 6 aromatic rings. The number of rotatable bonds is 5. The molecular formula is C33H33ClN4O4. The number of anilines is 2. The zero-order chi connectivity index (χ0) is 29.0. The van der Waals surface area contributed by atoms with E-state index in [-0.39, 0.29) is 12.4 Å². The van der Waals surface area contributed by atoms with Crippen molar-refractivity contribution in [3.8, 4) is 23.0 Å². The maximum Gasteiger partial charge on any atom is 0.412 e. The molecule has 8 nitrogen and oxygen atoms in total. The Morgan fingerprint density at radius 3 is 1.69 bits per heavy atom. The average molecular weight is 585 g/mol. The van der Waals surface area contributed by atoms with Gasteiger partial charge in [-0.1, -0.05) is 36.4 Å². The van der Waals surface area contributed by atoms with E-state index in [1.807, 2.05) is 118 Å². The van der Waals surface area contributed by atoms with Crippen molar-refractivity contribution in [1.29, 1.82) is 0 Å². The number of fused-ring (bicyclic) bond motifs is 2. The summed E-state index contributed by atoms with van der Waals surface area (Å²) in [5, 5.41) is 11.4. The highest BCUT2D eigenvalue weighted by Crippen LogP contribution is 2.35. The molecule has 1 amide bonds. The molecule has 216 valence electrons. The summed E-state index contributed by atoms with van der Waals surface area (Å²) >= 11 is 0. The minimum atomic E-state index is -0.988. The van der Waals surface area contributed by atoms with Crippen LogP contribution in [-0.2, 0) is 0 Å². The molecule has 0 bridgehead atoms. The third-order valence-corrected chi connectivity index (χ3v) is 6.38. The van der Waals surface area contributed by atoms with Gasteiger partial charge < -0.3 is 30.3 Å². The van der Waals surface area contributed by atoms with Gasteiger partial charge in [0.05, 0.1) is 11.4 Å². The monoisotopic (exact) mass is 584 g/mol. The van der Waals surface area contributed by atoms with Crippen LogP contribution in [0.3, 0.4) is 0 Å². The quantitative estimate of drug-likeness (QED) is 0.161. The zero-order valence-electron chi connectivity index (χ0n) is 23.5. The second-order valence-electron chi connectivity index (χ2n) is 10.5. The van der Waals surface area contributed by atoms with Gasteiger partial charge in [-0.2, -0.15) is 0 Å². The number of nitrogens with zero attached hydrogens (tertiary/aromatic N) is 1. The smallest absolute Gasteiger partial charge is 0.412 e. The summed E-state index contributed by atoms with van der Waals surface area (Å²) in [7, 11) is 0. The number of nitrogen functional groups attached to an aromatic ring is 1. The van der Waals surface area contributed by atoms with Crippen LogP contribution in [0.25, 0.3) is 21.8 Å². The van der Waals surface area contributed by atoms with Crippen molar-refractivity contribution < 1.29 is 19.4 Å². The van der Waals surface area contributed by atoms with E-state index in [4.69, 9.17) is 15.2 Å². The zero-order valence-corrected chi connectivity index (χ0v) is 24.3. The summed E-state index contributed by atoms with van der Waals surface area (Å²) in [5.41, 5.74) is 8.52. The van der Waals surface area contributed by atoms with Crippen LogP contribution in [0.5, 0.6) is 23.0 Å². The molecule has 42 heavy (non-hydrogen) atoms. The van der Waals surface area contributed by atoms with Crippen LogP contribution < -0.4 is 20.1 Å². The van der Waals surface area contributed by atoms with Gasteiger partial charge in [0.15, 0.2) is 0 Å². The maximum absolute atomic E-state index is 11.7. The number of benzene rings is 4. The van der Waals surface area contributed by atoms with Crippen molar-refractivity contribution in [3.63, 3.8) is 0 Å². The Balaban J connectivity index is 0.000000198. The van der Waals surface area contributed by atoms with Crippen LogP contribution in [0.2, 0.25) is 0 Å². The molecule has 0 radical (unpaired) electrons. The van der Waals surface area contributed by atoms with Gasteiger partial charge in [0.25, 0.3) is 0 Å². The number of H-pyrrole nitrogens is 2. The Morgan fingerprint density at radius 1 is 0.714 bits per heavy atom. The van der Waals surface area contributed by atoms with E-state index in [0.29, 0.717) is 11.4 Å². The molecule has 2 heterocycles. The van der Waals surface area contributed by atoms with Gasteiger partial charge in [0.2, 0.25) is 0 Å². The number of amides is 1. The predicted molar refractivity (Wildman–Crippen MR) is 172 cm³/mol. The van der Waals surface area contributed by atoms with Gasteiger partial charge in [-0.25, -0.2) is 4.79 Å². The lowest BCUT2D eigenvalue weighted by Gasteiger charge is -2.32. The van der Waals surface area contributed by atoms with Crippen LogP contribution in [0.15, 0.2) is 109 Å². The fraction of sp³-hybridized carbons (Fsp3) is 0.121. The molecule has 5 N–H and O–H groups in total. The maximum atomic E-state index is 11.7. The second-order valence-corrected chi connectivity index (χ2v) is 10.5. The minimum absolute atomic E-state index is 0. The molecule has 0 atom stereocenters. The standard InChI is InChI=1S/C19H20N2O3.C14H12N2O.ClH/c1-19(2,3)21(18(22)23)17-12-20-16-10-9-14(11-15(16)17)24-13-7-5-4-6-8-13;15-13-9-16-14-7-6-11(8-12(13)14)17-10-4-2-1-3-5-10;/h4-12,20H,1-3H3,(H,22,23);1-9,16H,15H2;1H. The van der Waals surface area contributed by atoms with Gasteiger partial charge in [-0.05, 0) is 81.4 Å². The number of aromatic amines is 2. The summed E-state index contributed by atoms with van der Waals surface area (Å²) in [6.07, 6.45) is 2.52. The SMILES string of the molecule is CC(C)(C)N(C(=O)O)c1c[nH]c2ccc(Oc3ccccc3)cc12.Cl.Nc1c[nH]c2ccc(Oc3ccccc3)cc12. The topological polar surface area (TPSA) is 117 Å². The number of carbonyl (C=O) groups is 1. The first-order valence-corrected chi connectivity index (χ1v) is 13.2. The number of hydrogen-bond acceptors (Lipinski definition) is 4. The molecule has 0 saturated carbocycles. The van der Waals surface area contributed by atoms with Crippen LogP contribution >= 0.6 is 12.4 Å². The molecule has 9 heteroatoms. The Morgan fingerprint density at radius 2 is 1.19 bits per heavy atom. The van der Waals surface area contributed by atoms with Crippen molar-refractivity contribution in [3.05, 3.63) is 109 Å². The summed E-state index contributed by atoms with van der Waals surface area (Å²) < 4.78 is 11.6. The second kappa shape index (κ2) is 12.6. The van der Waals surface area contributed by atoms with E-state index in [1.165, 1.54) is 4.90 Å². The lowest BCUT2D eigenvalue weighted by atomic mass is 10.1. The van der Waals surface area contributed by atoms with E-state index in [9.17, 15) is 9.90 Å². The lowest BCUT2D eigenvalue weighted by Crippen LogP contribution is -2.45. The number of halogens is 1. The largest absolute Gasteiger partial charge is 0.465 e. The molecule has 0 aliphatic heterocycles. The highest BCUT2D eigenvalue weighted by Gasteiger charge is 2.29. The van der Waals surface area contributed by atoms with Gasteiger partial charge in [0.1, 0.15) is 23.0 Å². The van der Waals surface area contributed by atoms with E-state index in [1.54, 1.807) is 12.4 Å². The fourth-order valence-corrected chi connectivity index (χ4v) is 4.52. The summed E-state index contributed by atoms with van der Waals surface area (Å²) in [6, 6.07) is 30.6. The van der Waals surface area contributed by atoms with E-state index in [0.717, 1.165) is 44.7 Å². The van der Waals surface area contributed by atoms with Crippen molar-refractivity contribution in [2.24, 2.45) is 0 Å². The predicted octanol–water partition coefficient (Wildman–Crippen LogP) is 9.21. The van der Waals surface area contributed by atoms with Crippen molar-refractivity contribution in [2.45, 2.75) is 26.3 Å². The molecule has 0 unspecified atom stereocenters. The molecule has 0 spiro atoms. The Labute approximate surface area is 250 Å². The third-order valence-electron chi connectivity index (χ3n) is 6.38. The van der Waals surface area contributed by atoms with E-state index >= 15 is 0 Å². The van der Waals surface area contributed by atoms with Crippen molar-refractivity contribution in [1.82, 2.24) is 9.97 Å². The molecule has 0 saturated heterocycles. The first-order valence-electron chi connectivity index (χ1n) is 13.2. The highest BCUT2D eigenvalue weighted by atomic mass is 35.5. The van der Waals surface area contributed by atoms with Gasteiger partial charge >= 0.3 is 6.09 Å². The van der Waals surface area contributed by atoms with Crippen LogP contribution in [0.4, 0.5) is 16.2 Å². The molecule has 0 aliphatic rings. The number of aromatic nitrogens is 2. The molecule has 4 aromatic carbocycles. The number of carboxylic acid groups (broad SMARTS) is 1. The molecular weight excluding hydrogens is 552 g/mol. The minimum Gasteiger partial charge on any atom is -0.465 e. The number of hydrogen-bond donors (Lipinski definition) is 4. The van der Waals surface area contributed by atoms with Crippen molar-refractivity contribution in [2.75, 3.05) is 10.6 Å². The number of nitrogens with one attached hydrogen (secondary N) is 2. The summed E-state index contributed by atoms with van der Waals surface area (Å²) in [5.74, 6) is 3.00. The Bertz CT molecular complexity index is 1780. The number of nitrogens with two attached hydrogens (primary N) is 1. The van der Waals surface area contributed by atoms with Crippen LogP contribution in [0.1, 0.15) is 20.8 Å².